The molecule has 1 rings (SSSR count). The molecule has 12 heavy (non-hydrogen) atoms. The molecular weight excluding hydrogens is 152 g/mol. The highest BCUT2D eigenvalue weighted by atomic mass is 16.3. The summed E-state index contributed by atoms with van der Waals surface area (Å²) in [5.74, 6) is 0. The average molecular weight is 166 g/mol. The second-order valence-electron chi connectivity index (χ2n) is 2.84. The summed E-state index contributed by atoms with van der Waals surface area (Å²) in [6.45, 7) is 0.0558. The largest absolute Gasteiger partial charge is 0.395 e. The third-order valence-corrected chi connectivity index (χ3v) is 1.76. The minimum Gasteiger partial charge on any atom is -0.395 e. The number of aliphatic hydroxyl groups is 1. The smallest absolute Gasteiger partial charge is 0.0582 e. The van der Waals surface area contributed by atoms with Crippen LogP contribution >= 0.6 is 0 Å². The SMILES string of the molecule is N[C@H](CO)CCc1cccnc1. The standard InChI is InChI=1S/C9H14N2O/c10-9(7-12)4-3-8-2-1-5-11-6-8/h1-2,5-6,9,12H,3-4,7,10H2/t9-/m0/s1. The van der Waals surface area contributed by atoms with Crippen molar-refractivity contribution in [3.05, 3.63) is 30.1 Å². The number of hydrogen-bond acceptors (Lipinski definition) is 3. The molecule has 0 aliphatic heterocycles. The Hall–Kier alpha value is -0.930. The summed E-state index contributed by atoms with van der Waals surface area (Å²) in [5.41, 5.74) is 6.72. The van der Waals surface area contributed by atoms with Gasteiger partial charge in [0, 0.05) is 18.4 Å². The Morgan fingerprint density at radius 3 is 3.00 bits per heavy atom. The van der Waals surface area contributed by atoms with Crippen LogP contribution in [0, 0.1) is 0 Å². The molecule has 0 aliphatic carbocycles. The highest BCUT2D eigenvalue weighted by Crippen LogP contribution is 2.01. The van der Waals surface area contributed by atoms with Gasteiger partial charge in [-0.2, -0.15) is 0 Å². The second kappa shape index (κ2) is 4.85. The van der Waals surface area contributed by atoms with Gasteiger partial charge in [0.15, 0.2) is 0 Å². The summed E-state index contributed by atoms with van der Waals surface area (Å²) in [4.78, 5) is 3.99. The number of hydrogen-bond donors (Lipinski definition) is 2. The van der Waals surface area contributed by atoms with E-state index < -0.39 is 0 Å². The molecule has 1 heterocycles. The molecule has 0 radical (unpaired) electrons. The lowest BCUT2D eigenvalue weighted by Crippen LogP contribution is -2.24. The number of nitrogens with zero attached hydrogens (tertiary/aromatic N) is 1. The zero-order valence-electron chi connectivity index (χ0n) is 6.98. The molecule has 0 fully saturated rings. The van der Waals surface area contributed by atoms with E-state index in [-0.39, 0.29) is 12.6 Å². The molecule has 0 bridgehead atoms. The van der Waals surface area contributed by atoms with Crippen LogP contribution in [0.2, 0.25) is 0 Å². The lowest BCUT2D eigenvalue weighted by atomic mass is 10.1. The molecule has 0 spiro atoms. The minimum absolute atomic E-state index is 0.0558. The lowest BCUT2D eigenvalue weighted by Gasteiger charge is -2.06. The molecule has 0 saturated carbocycles. The van der Waals surface area contributed by atoms with E-state index in [0.29, 0.717) is 0 Å². The van der Waals surface area contributed by atoms with Crippen LogP contribution in [0.3, 0.4) is 0 Å². The highest BCUT2D eigenvalue weighted by molar-refractivity contribution is 5.08. The van der Waals surface area contributed by atoms with E-state index in [2.05, 4.69) is 4.98 Å². The molecule has 1 atom stereocenters. The van der Waals surface area contributed by atoms with Crippen LogP contribution in [-0.2, 0) is 6.42 Å². The fourth-order valence-electron chi connectivity index (χ4n) is 0.989. The van der Waals surface area contributed by atoms with E-state index in [1.54, 1.807) is 6.20 Å². The quantitative estimate of drug-likeness (QED) is 0.677. The molecule has 3 nitrogen and oxygen atoms in total. The van der Waals surface area contributed by atoms with Gasteiger partial charge in [-0.3, -0.25) is 4.98 Å². The molecule has 1 aromatic heterocycles. The maximum absolute atomic E-state index is 8.67. The molecule has 0 aromatic carbocycles. The fraction of sp³-hybridized carbons (Fsp3) is 0.444. The zero-order chi connectivity index (χ0) is 8.81. The summed E-state index contributed by atoms with van der Waals surface area (Å²) in [5, 5.41) is 8.67. The van der Waals surface area contributed by atoms with Crippen molar-refractivity contribution in [2.24, 2.45) is 5.73 Å². The third kappa shape index (κ3) is 2.98. The van der Waals surface area contributed by atoms with Gasteiger partial charge in [0.2, 0.25) is 0 Å². The van der Waals surface area contributed by atoms with Gasteiger partial charge in [-0.15, -0.1) is 0 Å². The van der Waals surface area contributed by atoms with E-state index in [9.17, 15) is 0 Å². The van der Waals surface area contributed by atoms with Crippen LogP contribution in [0.1, 0.15) is 12.0 Å². The molecule has 0 saturated heterocycles. The zero-order valence-corrected chi connectivity index (χ0v) is 6.98. The molecule has 0 aliphatic rings. The first kappa shape index (κ1) is 9.16. The van der Waals surface area contributed by atoms with E-state index in [4.69, 9.17) is 10.8 Å². The monoisotopic (exact) mass is 166 g/mol. The summed E-state index contributed by atoms with van der Waals surface area (Å²) in [7, 11) is 0. The maximum Gasteiger partial charge on any atom is 0.0582 e. The van der Waals surface area contributed by atoms with Crippen molar-refractivity contribution in [1.29, 1.82) is 0 Å². The van der Waals surface area contributed by atoms with Crippen molar-refractivity contribution in [2.45, 2.75) is 18.9 Å². The van der Waals surface area contributed by atoms with E-state index in [1.165, 1.54) is 5.56 Å². The van der Waals surface area contributed by atoms with E-state index in [0.717, 1.165) is 12.8 Å². The predicted octanol–water partition coefficient (Wildman–Crippen LogP) is 0.334. The van der Waals surface area contributed by atoms with Gasteiger partial charge in [0.1, 0.15) is 0 Å². The van der Waals surface area contributed by atoms with Gasteiger partial charge in [0.05, 0.1) is 6.61 Å². The molecule has 3 N–H and O–H groups in total. The lowest BCUT2D eigenvalue weighted by molar-refractivity contribution is 0.260. The van der Waals surface area contributed by atoms with Crippen molar-refractivity contribution < 1.29 is 5.11 Å². The summed E-state index contributed by atoms with van der Waals surface area (Å²) < 4.78 is 0. The Bertz CT molecular complexity index is 213. The molecule has 1 aromatic rings. The third-order valence-electron chi connectivity index (χ3n) is 1.76. The van der Waals surface area contributed by atoms with Crippen LogP contribution in [0.25, 0.3) is 0 Å². The molecule has 0 amide bonds. The van der Waals surface area contributed by atoms with Gasteiger partial charge < -0.3 is 10.8 Å². The normalized spacial score (nSPS) is 12.8. The van der Waals surface area contributed by atoms with Crippen molar-refractivity contribution in [2.75, 3.05) is 6.61 Å². The first-order valence-electron chi connectivity index (χ1n) is 4.08. The Morgan fingerprint density at radius 2 is 2.42 bits per heavy atom. The highest BCUT2D eigenvalue weighted by Gasteiger charge is 2.00. The second-order valence-corrected chi connectivity index (χ2v) is 2.84. The maximum atomic E-state index is 8.67. The number of pyridine rings is 1. The number of rotatable bonds is 4. The number of aliphatic hydroxyl groups excluding tert-OH is 1. The van der Waals surface area contributed by atoms with Crippen LogP contribution in [0.15, 0.2) is 24.5 Å². The predicted molar refractivity (Wildman–Crippen MR) is 47.6 cm³/mol. The van der Waals surface area contributed by atoms with Crippen molar-refractivity contribution in [1.82, 2.24) is 4.98 Å². The first-order valence-corrected chi connectivity index (χ1v) is 4.08. The Morgan fingerprint density at radius 1 is 1.58 bits per heavy atom. The van der Waals surface area contributed by atoms with Crippen LogP contribution in [0.4, 0.5) is 0 Å². The van der Waals surface area contributed by atoms with Gasteiger partial charge >= 0.3 is 0 Å². The van der Waals surface area contributed by atoms with Crippen molar-refractivity contribution >= 4 is 0 Å². The van der Waals surface area contributed by atoms with Crippen LogP contribution in [0.5, 0.6) is 0 Å². The van der Waals surface area contributed by atoms with Gasteiger partial charge in [-0.1, -0.05) is 6.07 Å². The number of aromatic nitrogens is 1. The topological polar surface area (TPSA) is 59.1 Å². The van der Waals surface area contributed by atoms with E-state index >= 15 is 0 Å². The summed E-state index contributed by atoms with van der Waals surface area (Å²) >= 11 is 0. The number of aryl methyl sites for hydroxylation is 1. The molecular formula is C9H14N2O. The first-order chi connectivity index (χ1) is 5.83. The van der Waals surface area contributed by atoms with Crippen LogP contribution < -0.4 is 5.73 Å². The Balaban J connectivity index is 2.33. The molecule has 0 unspecified atom stereocenters. The Labute approximate surface area is 72.2 Å². The van der Waals surface area contributed by atoms with E-state index in [1.807, 2.05) is 18.3 Å². The van der Waals surface area contributed by atoms with Gasteiger partial charge in [0.25, 0.3) is 0 Å². The average Bonchev–Trinajstić information content (AvgIpc) is 2.16. The molecule has 3 heteroatoms. The van der Waals surface area contributed by atoms with Crippen LogP contribution in [-0.4, -0.2) is 22.7 Å². The summed E-state index contributed by atoms with van der Waals surface area (Å²) in [6.07, 6.45) is 5.26. The van der Waals surface area contributed by atoms with Gasteiger partial charge in [-0.25, -0.2) is 0 Å². The van der Waals surface area contributed by atoms with Gasteiger partial charge in [-0.05, 0) is 24.5 Å². The minimum atomic E-state index is -0.106. The Kier molecular flexibility index (Phi) is 3.70. The van der Waals surface area contributed by atoms with Crippen molar-refractivity contribution in [3.8, 4) is 0 Å². The van der Waals surface area contributed by atoms with Crippen molar-refractivity contribution in [3.63, 3.8) is 0 Å². The fourth-order valence-corrected chi connectivity index (χ4v) is 0.989. The number of nitrogens with two attached hydrogens (primary N) is 1. The molecule has 66 valence electrons. The summed E-state index contributed by atoms with van der Waals surface area (Å²) in [6, 6.07) is 3.81.